The van der Waals surface area contributed by atoms with Gasteiger partial charge < -0.3 is 25.4 Å². The normalized spacial score (nSPS) is 44.9. The van der Waals surface area contributed by atoms with Crippen LogP contribution in [0.15, 0.2) is 0 Å². The molecule has 4 N–H and O–H groups in total. The lowest BCUT2D eigenvalue weighted by molar-refractivity contribution is -0.226. The number of fused-ring (bicyclic) bond motifs is 5. The van der Waals surface area contributed by atoms with E-state index in [1.807, 2.05) is 6.92 Å². The maximum Gasteiger partial charge on any atom is 0.338 e. The lowest BCUT2D eigenvalue weighted by Crippen LogP contribution is -2.67. The van der Waals surface area contributed by atoms with Gasteiger partial charge in [0.15, 0.2) is 5.60 Å². The molecule has 0 radical (unpaired) electrons. The molecule has 4 aliphatic carbocycles. The number of hydrogen-bond donors (Lipinski definition) is 4. The van der Waals surface area contributed by atoms with Crippen LogP contribution in [0.1, 0.15) is 92.4 Å². The number of aliphatic hydroxyl groups is 1. The number of carboxylic acids is 2. The van der Waals surface area contributed by atoms with Gasteiger partial charge in [-0.05, 0) is 105 Å². The molecule has 0 heterocycles. The van der Waals surface area contributed by atoms with E-state index >= 15 is 0 Å². The maximum absolute atomic E-state index is 12.5. The molecule has 0 bridgehead atoms. The predicted molar refractivity (Wildman–Crippen MR) is 145 cm³/mol. The quantitative estimate of drug-likeness (QED) is 0.324. The summed E-state index contributed by atoms with van der Waals surface area (Å²) in [6.45, 7) is 12.2. The molecule has 4 saturated carbocycles. The zero-order chi connectivity index (χ0) is 26.5. The molecule has 37 heavy (non-hydrogen) atoms. The second-order valence-electron chi connectivity index (χ2n) is 13.5. The molecule has 4 aliphatic rings. The van der Waals surface area contributed by atoms with Crippen molar-refractivity contribution in [1.82, 2.24) is 5.32 Å². The summed E-state index contributed by atoms with van der Waals surface area (Å²) in [4.78, 5) is 24.8. The fourth-order valence-corrected chi connectivity index (χ4v) is 9.37. The van der Waals surface area contributed by atoms with Crippen LogP contribution in [-0.4, -0.2) is 58.2 Å². The van der Waals surface area contributed by atoms with Crippen molar-refractivity contribution in [2.75, 3.05) is 13.2 Å². The molecule has 0 aromatic rings. The van der Waals surface area contributed by atoms with Gasteiger partial charge in [-0.1, -0.05) is 34.6 Å². The van der Waals surface area contributed by atoms with E-state index in [-0.39, 0.29) is 53.5 Å². The van der Waals surface area contributed by atoms with Gasteiger partial charge in [-0.3, -0.25) is 4.79 Å². The molecular formula is C29H50ClNO6. The van der Waals surface area contributed by atoms with Crippen LogP contribution in [-0.2, 0) is 14.3 Å². The molecule has 0 spiro atoms. The molecule has 0 saturated heterocycles. The largest absolute Gasteiger partial charge is 0.481 e. The zero-order valence-electron chi connectivity index (χ0n) is 23.4. The lowest BCUT2D eigenvalue weighted by atomic mass is 9.42. The molecule has 5 unspecified atom stereocenters. The van der Waals surface area contributed by atoms with Gasteiger partial charge in [0.25, 0.3) is 0 Å². The van der Waals surface area contributed by atoms with Crippen LogP contribution in [0.3, 0.4) is 0 Å². The van der Waals surface area contributed by atoms with E-state index in [4.69, 9.17) is 4.74 Å². The zero-order valence-corrected chi connectivity index (χ0v) is 24.2. The average molecular weight is 544 g/mol. The van der Waals surface area contributed by atoms with Gasteiger partial charge >= 0.3 is 11.9 Å². The Morgan fingerprint density at radius 3 is 2.38 bits per heavy atom. The minimum absolute atomic E-state index is 0. The fraction of sp³-hybridized carbons (Fsp3) is 0.931. The second-order valence-corrected chi connectivity index (χ2v) is 13.5. The third-order valence-corrected chi connectivity index (χ3v) is 11.0. The van der Waals surface area contributed by atoms with E-state index in [2.05, 4.69) is 33.0 Å². The van der Waals surface area contributed by atoms with Gasteiger partial charge in [0.2, 0.25) is 0 Å². The maximum atomic E-state index is 12.5. The summed E-state index contributed by atoms with van der Waals surface area (Å²) in [5.74, 6) is -0.430. The first kappa shape index (κ1) is 30.6. The van der Waals surface area contributed by atoms with Crippen molar-refractivity contribution in [2.24, 2.45) is 46.3 Å². The minimum atomic E-state index is -1.90. The van der Waals surface area contributed by atoms with Gasteiger partial charge in [0.1, 0.15) is 0 Å². The number of carboxylic acid groups (broad SMARTS) is 2. The standard InChI is InChI=1S/C29H49NO6.ClH/c1-6-13-36-23-14-18-7-8-19-20-9-10-21(25(31)32)27(20,4)15-22(30-12-11-17(2)3)24(19)28(18,5)16-29(23,35)26(33)34;/h17-24,30,35H,6-16H2,1-5H3,(H,31,32)(H,33,34);1H/t18?,19-,20-,21?,22?,23?,24-,27-,28-,29?;/m0./s1. The van der Waals surface area contributed by atoms with E-state index in [1.165, 1.54) is 0 Å². The topological polar surface area (TPSA) is 116 Å². The molecule has 0 aliphatic heterocycles. The number of ether oxygens (including phenoxy) is 1. The summed E-state index contributed by atoms with van der Waals surface area (Å²) in [7, 11) is 0. The number of hydrogen-bond acceptors (Lipinski definition) is 5. The van der Waals surface area contributed by atoms with Crippen molar-refractivity contribution in [1.29, 1.82) is 0 Å². The fourth-order valence-electron chi connectivity index (χ4n) is 9.37. The van der Waals surface area contributed by atoms with E-state index in [9.17, 15) is 24.9 Å². The Morgan fingerprint density at radius 1 is 1.08 bits per heavy atom. The van der Waals surface area contributed by atoms with Crippen LogP contribution in [0.2, 0.25) is 0 Å². The third-order valence-electron chi connectivity index (χ3n) is 11.0. The van der Waals surface area contributed by atoms with Gasteiger partial charge in [-0.15, -0.1) is 12.4 Å². The number of halogens is 1. The lowest BCUT2D eigenvalue weighted by Gasteiger charge is -2.65. The molecule has 214 valence electrons. The molecule has 4 fully saturated rings. The van der Waals surface area contributed by atoms with E-state index in [0.717, 1.165) is 51.5 Å². The molecule has 10 atom stereocenters. The average Bonchev–Trinajstić information content (AvgIpc) is 3.14. The Kier molecular flexibility index (Phi) is 9.37. The first-order valence-electron chi connectivity index (χ1n) is 14.4. The highest BCUT2D eigenvalue weighted by Crippen LogP contribution is 2.68. The summed E-state index contributed by atoms with van der Waals surface area (Å²) in [5.41, 5.74) is -2.50. The summed E-state index contributed by atoms with van der Waals surface area (Å²) in [6.07, 6.45) is 6.41. The predicted octanol–water partition coefficient (Wildman–Crippen LogP) is 4.99. The van der Waals surface area contributed by atoms with E-state index < -0.39 is 23.6 Å². The third kappa shape index (κ3) is 5.19. The van der Waals surface area contributed by atoms with Crippen molar-refractivity contribution < 1.29 is 29.6 Å². The summed E-state index contributed by atoms with van der Waals surface area (Å²) < 4.78 is 5.97. The van der Waals surface area contributed by atoms with Crippen molar-refractivity contribution in [3.8, 4) is 0 Å². The Bertz CT molecular complexity index is 839. The van der Waals surface area contributed by atoms with Crippen LogP contribution >= 0.6 is 12.4 Å². The Hall–Kier alpha value is -0.890. The molecule has 7 nitrogen and oxygen atoms in total. The smallest absolute Gasteiger partial charge is 0.338 e. The summed E-state index contributed by atoms with van der Waals surface area (Å²) in [5, 5.41) is 35.7. The number of rotatable bonds is 9. The second kappa shape index (κ2) is 11.3. The number of aliphatic carboxylic acids is 2. The molecule has 0 amide bonds. The Balaban J connectivity index is 0.00000380. The van der Waals surface area contributed by atoms with Gasteiger partial charge in [-0.25, -0.2) is 4.79 Å². The SMILES string of the molecule is CCCOC1CC2CC[C@@H]3[C@@H](C(NCCC(C)C)C[C@]4(C)C(C(=O)O)CC[C@@H]34)[C@@]2(C)CC1(O)C(=O)O.Cl. The van der Waals surface area contributed by atoms with E-state index in [0.29, 0.717) is 30.8 Å². The molecule has 0 aromatic carbocycles. The highest BCUT2D eigenvalue weighted by atomic mass is 35.5. The van der Waals surface area contributed by atoms with Crippen molar-refractivity contribution in [2.45, 2.75) is 110 Å². The van der Waals surface area contributed by atoms with Crippen molar-refractivity contribution in [3.05, 3.63) is 0 Å². The van der Waals surface area contributed by atoms with Crippen molar-refractivity contribution in [3.63, 3.8) is 0 Å². The monoisotopic (exact) mass is 543 g/mol. The van der Waals surface area contributed by atoms with Crippen molar-refractivity contribution >= 4 is 24.3 Å². The summed E-state index contributed by atoms with van der Waals surface area (Å²) >= 11 is 0. The van der Waals surface area contributed by atoms with Gasteiger partial charge in [0.05, 0.1) is 12.0 Å². The Labute approximate surface area is 228 Å². The van der Waals surface area contributed by atoms with Crippen LogP contribution < -0.4 is 5.32 Å². The van der Waals surface area contributed by atoms with Crippen LogP contribution in [0.25, 0.3) is 0 Å². The number of carbonyl (C=O) groups is 2. The minimum Gasteiger partial charge on any atom is -0.481 e. The first-order chi connectivity index (χ1) is 16.9. The van der Waals surface area contributed by atoms with Crippen LogP contribution in [0, 0.1) is 46.3 Å². The number of nitrogens with one attached hydrogen (secondary N) is 1. The van der Waals surface area contributed by atoms with Crippen LogP contribution in [0.4, 0.5) is 0 Å². The molecular weight excluding hydrogens is 494 g/mol. The van der Waals surface area contributed by atoms with Gasteiger partial charge in [-0.2, -0.15) is 0 Å². The van der Waals surface area contributed by atoms with E-state index in [1.54, 1.807) is 0 Å². The Morgan fingerprint density at radius 2 is 1.78 bits per heavy atom. The molecule has 8 heteroatoms. The molecule has 4 rings (SSSR count). The highest BCUT2D eigenvalue weighted by molar-refractivity contribution is 5.85. The first-order valence-corrected chi connectivity index (χ1v) is 14.4. The highest BCUT2D eigenvalue weighted by Gasteiger charge is 2.67. The summed E-state index contributed by atoms with van der Waals surface area (Å²) in [6, 6.07) is 0.119. The molecule has 0 aromatic heterocycles. The van der Waals surface area contributed by atoms with Crippen LogP contribution in [0.5, 0.6) is 0 Å². The van der Waals surface area contributed by atoms with Gasteiger partial charge in [0, 0.05) is 12.6 Å².